The molecule has 0 bridgehead atoms. The molecule has 0 saturated heterocycles. The monoisotopic (exact) mass is 161 g/mol. The fourth-order valence-corrected chi connectivity index (χ4v) is 1.02. The van der Waals surface area contributed by atoms with Crippen molar-refractivity contribution in [2.24, 2.45) is 17.0 Å². The maximum atomic E-state index is 4.41. The van der Waals surface area contributed by atoms with E-state index >= 15 is 0 Å². The summed E-state index contributed by atoms with van der Waals surface area (Å²) in [6.07, 6.45) is 0. The third-order valence-electron chi connectivity index (χ3n) is 1.33. The Balaban J connectivity index is 4.12. The van der Waals surface area contributed by atoms with Crippen LogP contribution >= 0.6 is 12.9 Å². The molecule has 0 unspecified atom stereocenters. The number of oxime groups is 1. The van der Waals surface area contributed by atoms with Crippen LogP contribution in [0.1, 0.15) is 27.7 Å². The van der Waals surface area contributed by atoms with Gasteiger partial charge in [-0.3, -0.25) is 0 Å². The first-order valence-electron chi connectivity index (χ1n) is 3.48. The van der Waals surface area contributed by atoms with E-state index in [1.807, 2.05) is 0 Å². The summed E-state index contributed by atoms with van der Waals surface area (Å²) < 4.78 is 4.41. The Morgan fingerprint density at radius 1 is 1.20 bits per heavy atom. The zero-order valence-corrected chi connectivity index (χ0v) is 7.85. The van der Waals surface area contributed by atoms with Gasteiger partial charge in [-0.2, -0.15) is 0 Å². The van der Waals surface area contributed by atoms with Crippen LogP contribution < -0.4 is 0 Å². The molecule has 0 N–H and O–H groups in total. The fourth-order valence-electron chi connectivity index (χ4n) is 0.925. The molecule has 0 aromatic heterocycles. The molecule has 3 heteroatoms. The number of nitrogens with zero attached hydrogens (tertiary/aromatic N) is 1. The van der Waals surface area contributed by atoms with Gasteiger partial charge in [0.1, 0.15) is 0 Å². The highest BCUT2D eigenvalue weighted by molar-refractivity contribution is 7.75. The van der Waals surface area contributed by atoms with Crippen molar-refractivity contribution >= 4 is 18.6 Å². The Hall–Kier alpha value is -0.180. The highest BCUT2D eigenvalue weighted by atomic mass is 32.1. The van der Waals surface area contributed by atoms with E-state index in [2.05, 4.69) is 50.0 Å². The minimum Gasteiger partial charge on any atom is -0.326 e. The van der Waals surface area contributed by atoms with Crippen LogP contribution in [0.5, 0.6) is 0 Å². The molecule has 0 aliphatic rings. The van der Waals surface area contributed by atoms with Gasteiger partial charge in [0.05, 0.1) is 18.6 Å². The summed E-state index contributed by atoms with van der Waals surface area (Å²) in [4.78, 5) is 0. The maximum Gasteiger partial charge on any atom is 0.0715 e. The average Bonchev–Trinajstić information content (AvgIpc) is 1.81. The molecule has 0 radical (unpaired) electrons. The van der Waals surface area contributed by atoms with Gasteiger partial charge >= 0.3 is 0 Å². The lowest BCUT2D eigenvalue weighted by molar-refractivity contribution is 0.404. The molecule has 0 atom stereocenters. The van der Waals surface area contributed by atoms with Crippen LogP contribution in [0.25, 0.3) is 0 Å². The lowest BCUT2D eigenvalue weighted by atomic mass is 9.98. The summed E-state index contributed by atoms with van der Waals surface area (Å²) in [6, 6.07) is 0. The quantitative estimate of drug-likeness (QED) is 0.292. The van der Waals surface area contributed by atoms with E-state index in [9.17, 15) is 0 Å². The molecule has 0 amide bonds. The second kappa shape index (κ2) is 4.61. The normalized spacial score (nSPS) is 10.3. The first kappa shape index (κ1) is 9.82. The van der Waals surface area contributed by atoms with Crippen LogP contribution in [0.15, 0.2) is 5.16 Å². The molecule has 0 rings (SSSR count). The molecule has 0 heterocycles. The van der Waals surface area contributed by atoms with Crippen LogP contribution in [0.4, 0.5) is 0 Å². The predicted molar refractivity (Wildman–Crippen MR) is 47.2 cm³/mol. The summed E-state index contributed by atoms with van der Waals surface area (Å²) in [5.74, 6) is 0.874. The zero-order chi connectivity index (χ0) is 8.15. The van der Waals surface area contributed by atoms with Gasteiger partial charge in [-0.25, -0.2) is 0 Å². The van der Waals surface area contributed by atoms with E-state index in [0.717, 1.165) is 5.71 Å². The summed E-state index contributed by atoms with van der Waals surface area (Å²) in [5.41, 5.74) is 1.05. The van der Waals surface area contributed by atoms with E-state index in [1.165, 1.54) is 0 Å². The summed E-state index contributed by atoms with van der Waals surface area (Å²) in [5, 5.41) is 3.80. The molecule has 0 spiro atoms. The van der Waals surface area contributed by atoms with Crippen molar-refractivity contribution in [1.29, 1.82) is 0 Å². The molecule has 0 fully saturated rings. The maximum absolute atomic E-state index is 4.41. The fraction of sp³-hybridized carbons (Fsp3) is 0.857. The number of thiol groups is 1. The first-order valence-corrected chi connectivity index (χ1v) is 3.84. The average molecular weight is 161 g/mol. The van der Waals surface area contributed by atoms with Gasteiger partial charge in [0.25, 0.3) is 0 Å². The minimum absolute atomic E-state index is 0.437. The van der Waals surface area contributed by atoms with Crippen LogP contribution in [-0.4, -0.2) is 5.71 Å². The Morgan fingerprint density at radius 3 is 1.70 bits per heavy atom. The van der Waals surface area contributed by atoms with Gasteiger partial charge < -0.3 is 4.28 Å². The highest BCUT2D eigenvalue weighted by Gasteiger charge is 2.09. The lowest BCUT2D eigenvalue weighted by Crippen LogP contribution is -2.14. The van der Waals surface area contributed by atoms with Gasteiger partial charge in [0.2, 0.25) is 0 Å². The number of rotatable bonds is 3. The number of hydrogen-bond donors (Lipinski definition) is 1. The molecule has 2 nitrogen and oxygen atoms in total. The zero-order valence-electron chi connectivity index (χ0n) is 6.96. The van der Waals surface area contributed by atoms with Gasteiger partial charge in [-0.15, -0.1) is 0 Å². The van der Waals surface area contributed by atoms with E-state index < -0.39 is 0 Å². The molecule has 10 heavy (non-hydrogen) atoms. The van der Waals surface area contributed by atoms with Crippen LogP contribution in [-0.2, 0) is 4.28 Å². The van der Waals surface area contributed by atoms with Crippen molar-refractivity contribution in [1.82, 2.24) is 0 Å². The first-order chi connectivity index (χ1) is 4.59. The highest BCUT2D eigenvalue weighted by Crippen LogP contribution is 2.08. The SMILES string of the molecule is CC(C)C(=NOS)C(C)C. The second-order valence-corrected chi connectivity index (χ2v) is 3.07. The summed E-state index contributed by atoms with van der Waals surface area (Å²) in [7, 11) is 0. The van der Waals surface area contributed by atoms with Gasteiger partial charge in [-0.05, 0) is 11.8 Å². The predicted octanol–water partition coefficient (Wildman–Crippen LogP) is 2.52. The summed E-state index contributed by atoms with van der Waals surface area (Å²) >= 11 is 3.56. The molecule has 0 aromatic carbocycles. The molecule has 0 saturated carbocycles. The van der Waals surface area contributed by atoms with E-state index in [-0.39, 0.29) is 0 Å². The molecule has 0 aliphatic carbocycles. The Morgan fingerprint density at radius 2 is 1.60 bits per heavy atom. The van der Waals surface area contributed by atoms with Crippen molar-refractivity contribution in [3.63, 3.8) is 0 Å². The van der Waals surface area contributed by atoms with Gasteiger partial charge in [0.15, 0.2) is 0 Å². The standard InChI is InChI=1S/C7H15NOS/c1-5(2)7(6(3)4)8-9-10/h5-6,10H,1-4H3. The minimum atomic E-state index is 0.437. The molecule has 0 aromatic rings. The number of hydrogen-bond acceptors (Lipinski definition) is 3. The van der Waals surface area contributed by atoms with Gasteiger partial charge in [-0.1, -0.05) is 32.9 Å². The summed E-state index contributed by atoms with van der Waals surface area (Å²) in [6.45, 7) is 8.36. The van der Waals surface area contributed by atoms with Crippen molar-refractivity contribution in [2.45, 2.75) is 27.7 Å². The molecular weight excluding hydrogens is 146 g/mol. The van der Waals surface area contributed by atoms with Crippen LogP contribution in [0.2, 0.25) is 0 Å². The third kappa shape index (κ3) is 3.11. The topological polar surface area (TPSA) is 21.6 Å². The van der Waals surface area contributed by atoms with Gasteiger partial charge in [0, 0.05) is 0 Å². The van der Waals surface area contributed by atoms with Crippen molar-refractivity contribution in [3.05, 3.63) is 0 Å². The molecule has 0 aliphatic heterocycles. The van der Waals surface area contributed by atoms with Crippen LogP contribution in [0, 0.1) is 11.8 Å². The smallest absolute Gasteiger partial charge is 0.0715 e. The Labute approximate surface area is 68.3 Å². The second-order valence-electron chi connectivity index (χ2n) is 2.91. The van der Waals surface area contributed by atoms with Crippen molar-refractivity contribution in [2.75, 3.05) is 0 Å². The van der Waals surface area contributed by atoms with Crippen LogP contribution in [0.3, 0.4) is 0 Å². The van der Waals surface area contributed by atoms with Crippen molar-refractivity contribution in [3.8, 4) is 0 Å². The van der Waals surface area contributed by atoms with Crippen molar-refractivity contribution < 1.29 is 4.28 Å². The lowest BCUT2D eigenvalue weighted by Gasteiger charge is -2.11. The van der Waals surface area contributed by atoms with E-state index in [1.54, 1.807) is 0 Å². The largest absolute Gasteiger partial charge is 0.326 e. The van der Waals surface area contributed by atoms with E-state index in [0.29, 0.717) is 11.8 Å². The Bertz CT molecular complexity index is 111. The third-order valence-corrected chi connectivity index (χ3v) is 1.41. The molecule has 60 valence electrons. The Kier molecular flexibility index (Phi) is 4.52. The molecular formula is C7H15NOS. The van der Waals surface area contributed by atoms with E-state index in [4.69, 9.17) is 0 Å².